The zero-order valence-corrected chi connectivity index (χ0v) is 19.2. The lowest BCUT2D eigenvalue weighted by Crippen LogP contribution is -2.39. The van der Waals surface area contributed by atoms with Crippen LogP contribution in [0.25, 0.3) is 11.1 Å². The summed E-state index contributed by atoms with van der Waals surface area (Å²) in [6.07, 6.45) is -0.118. The van der Waals surface area contributed by atoms with Crippen LogP contribution in [0.5, 0.6) is 0 Å². The summed E-state index contributed by atoms with van der Waals surface area (Å²) in [6.45, 7) is 1.73. The molecule has 3 aromatic rings. The molecule has 0 spiro atoms. The van der Waals surface area contributed by atoms with Crippen molar-refractivity contribution in [3.8, 4) is 11.1 Å². The highest BCUT2D eigenvalue weighted by Crippen LogP contribution is 2.44. The number of amides is 1. The number of alkyl carbamates (subject to hydrolysis) is 1. The number of hydrogen-bond acceptors (Lipinski definition) is 5. The van der Waals surface area contributed by atoms with E-state index in [2.05, 4.69) is 17.4 Å². The number of ether oxygens (including phenoxy) is 1. The Balaban J connectivity index is 1.44. The van der Waals surface area contributed by atoms with Gasteiger partial charge >= 0.3 is 12.1 Å². The largest absolute Gasteiger partial charge is 0.481 e. The number of aliphatic carboxylic acids is 1. The lowest BCUT2D eigenvalue weighted by molar-refractivity contribution is -0.384. The number of nitrogens with one attached hydrogen (secondary N) is 1. The van der Waals surface area contributed by atoms with Gasteiger partial charge in [0.1, 0.15) is 6.61 Å². The van der Waals surface area contributed by atoms with Crippen LogP contribution >= 0.6 is 0 Å². The van der Waals surface area contributed by atoms with Crippen molar-refractivity contribution in [3.63, 3.8) is 0 Å². The monoisotopic (exact) mass is 474 g/mol. The topological polar surface area (TPSA) is 119 Å². The van der Waals surface area contributed by atoms with Gasteiger partial charge in [0.25, 0.3) is 5.69 Å². The molecule has 0 aliphatic heterocycles. The Morgan fingerprint density at radius 1 is 1.00 bits per heavy atom. The van der Waals surface area contributed by atoms with Crippen molar-refractivity contribution in [2.75, 3.05) is 6.61 Å². The maximum absolute atomic E-state index is 12.7. The summed E-state index contributed by atoms with van der Waals surface area (Å²) in [6, 6.07) is 21.6. The van der Waals surface area contributed by atoms with Crippen LogP contribution < -0.4 is 5.32 Å². The van der Waals surface area contributed by atoms with Crippen LogP contribution in [0.1, 0.15) is 36.0 Å². The summed E-state index contributed by atoms with van der Waals surface area (Å²) in [4.78, 5) is 34.6. The minimum absolute atomic E-state index is 0.0336. The van der Waals surface area contributed by atoms with Crippen molar-refractivity contribution in [2.24, 2.45) is 5.92 Å². The first-order valence-electron chi connectivity index (χ1n) is 11.4. The first-order valence-corrected chi connectivity index (χ1v) is 11.4. The molecule has 0 radical (unpaired) electrons. The lowest BCUT2D eigenvalue weighted by atomic mass is 9.96. The molecule has 2 N–H and O–H groups in total. The average Bonchev–Trinajstić information content (AvgIpc) is 3.16. The zero-order valence-electron chi connectivity index (χ0n) is 19.2. The number of fused-ring (bicyclic) bond motifs is 3. The minimum Gasteiger partial charge on any atom is -0.481 e. The first-order chi connectivity index (χ1) is 16.8. The predicted molar refractivity (Wildman–Crippen MR) is 130 cm³/mol. The summed E-state index contributed by atoms with van der Waals surface area (Å²) >= 11 is 0. The van der Waals surface area contributed by atoms with Gasteiger partial charge in [0.05, 0.1) is 10.8 Å². The average molecular weight is 475 g/mol. The lowest BCUT2D eigenvalue weighted by Gasteiger charge is -2.21. The van der Waals surface area contributed by atoms with Gasteiger partial charge in [-0.05, 0) is 40.7 Å². The molecule has 3 aromatic carbocycles. The highest BCUT2D eigenvalue weighted by molar-refractivity contribution is 5.79. The number of carbonyl (C=O) groups is 2. The quantitative estimate of drug-likeness (QED) is 0.327. The zero-order chi connectivity index (χ0) is 24.9. The smallest absolute Gasteiger partial charge is 0.407 e. The van der Waals surface area contributed by atoms with Crippen LogP contribution in [0.2, 0.25) is 0 Å². The van der Waals surface area contributed by atoms with Crippen molar-refractivity contribution in [1.82, 2.24) is 5.32 Å². The summed E-state index contributed by atoms with van der Waals surface area (Å²) in [7, 11) is 0. The third-order valence-corrected chi connectivity index (χ3v) is 6.35. The number of rotatable bonds is 9. The van der Waals surface area contributed by atoms with Crippen LogP contribution in [0.4, 0.5) is 10.5 Å². The fraction of sp³-hybridized carbons (Fsp3) is 0.259. The molecule has 35 heavy (non-hydrogen) atoms. The molecule has 0 saturated heterocycles. The maximum atomic E-state index is 12.7. The Bertz CT molecular complexity index is 1190. The third-order valence-electron chi connectivity index (χ3n) is 6.35. The SMILES string of the molecule is CC(CC(Cc1ccc([N+](=O)[O-])cc1)NC(=O)OCC1c2ccccc2-c2ccccc21)C(=O)O. The van der Waals surface area contributed by atoms with Gasteiger partial charge in [-0.2, -0.15) is 0 Å². The summed E-state index contributed by atoms with van der Waals surface area (Å²) in [5.74, 6) is -1.74. The van der Waals surface area contributed by atoms with E-state index in [4.69, 9.17) is 4.74 Å². The van der Waals surface area contributed by atoms with E-state index >= 15 is 0 Å². The van der Waals surface area contributed by atoms with Gasteiger partial charge in [0.15, 0.2) is 0 Å². The molecule has 8 heteroatoms. The molecule has 8 nitrogen and oxygen atoms in total. The van der Waals surface area contributed by atoms with Gasteiger partial charge in [-0.15, -0.1) is 0 Å². The molecular formula is C27H26N2O6. The molecule has 2 atom stereocenters. The molecule has 0 fully saturated rings. The van der Waals surface area contributed by atoms with E-state index in [0.29, 0.717) is 6.42 Å². The van der Waals surface area contributed by atoms with E-state index < -0.39 is 28.9 Å². The summed E-state index contributed by atoms with van der Waals surface area (Å²) in [5, 5.41) is 23.0. The van der Waals surface area contributed by atoms with Gasteiger partial charge in [-0.3, -0.25) is 14.9 Å². The normalized spacial score (nSPS) is 13.9. The standard InChI is InChI=1S/C27H26N2O6/c1-17(26(30)31)14-19(15-18-10-12-20(13-11-18)29(33)34)28-27(32)35-16-25-23-8-4-2-6-21(23)22-7-3-5-9-24(22)25/h2-13,17,19,25H,14-16H2,1H3,(H,28,32)(H,30,31). The number of nitro groups is 1. The van der Waals surface area contributed by atoms with E-state index in [1.54, 1.807) is 19.1 Å². The number of non-ortho nitro benzene ring substituents is 1. The molecule has 4 rings (SSSR count). The van der Waals surface area contributed by atoms with Crippen molar-refractivity contribution in [2.45, 2.75) is 31.7 Å². The molecule has 1 aliphatic carbocycles. The van der Waals surface area contributed by atoms with Gasteiger partial charge in [-0.25, -0.2) is 4.79 Å². The Kier molecular flexibility index (Phi) is 7.10. The molecule has 0 aromatic heterocycles. The third kappa shape index (κ3) is 5.48. The highest BCUT2D eigenvalue weighted by atomic mass is 16.6. The first kappa shape index (κ1) is 23.9. The second kappa shape index (κ2) is 10.4. The van der Waals surface area contributed by atoms with Crippen molar-refractivity contribution in [3.05, 3.63) is 99.6 Å². The van der Waals surface area contributed by atoms with E-state index in [1.165, 1.54) is 12.1 Å². The van der Waals surface area contributed by atoms with E-state index in [1.807, 2.05) is 36.4 Å². The summed E-state index contributed by atoms with van der Waals surface area (Å²) < 4.78 is 5.61. The van der Waals surface area contributed by atoms with Crippen LogP contribution in [-0.2, 0) is 16.0 Å². The van der Waals surface area contributed by atoms with Crippen molar-refractivity contribution >= 4 is 17.7 Å². The van der Waals surface area contributed by atoms with Crippen LogP contribution in [0, 0.1) is 16.0 Å². The number of carboxylic acid groups (broad SMARTS) is 1. The molecular weight excluding hydrogens is 448 g/mol. The van der Waals surface area contributed by atoms with Crippen molar-refractivity contribution in [1.29, 1.82) is 0 Å². The molecule has 0 saturated carbocycles. The Morgan fingerprint density at radius 2 is 1.57 bits per heavy atom. The second-order valence-electron chi connectivity index (χ2n) is 8.77. The van der Waals surface area contributed by atoms with Crippen LogP contribution in [0.3, 0.4) is 0 Å². The molecule has 2 unspecified atom stereocenters. The Hall–Kier alpha value is -4.20. The fourth-order valence-electron chi connectivity index (χ4n) is 4.57. The number of nitro benzene ring substituents is 1. The fourth-order valence-corrected chi connectivity index (χ4v) is 4.57. The van der Waals surface area contributed by atoms with Crippen molar-refractivity contribution < 1.29 is 24.4 Å². The molecule has 0 bridgehead atoms. The number of nitrogens with zero attached hydrogens (tertiary/aromatic N) is 1. The van der Waals surface area contributed by atoms with Gasteiger partial charge in [0.2, 0.25) is 0 Å². The number of benzene rings is 3. The van der Waals surface area contributed by atoms with E-state index in [9.17, 15) is 24.8 Å². The molecule has 180 valence electrons. The van der Waals surface area contributed by atoms with E-state index in [-0.39, 0.29) is 24.6 Å². The number of carbonyl (C=O) groups excluding carboxylic acids is 1. The van der Waals surface area contributed by atoms with Crippen LogP contribution in [-0.4, -0.2) is 34.7 Å². The second-order valence-corrected chi connectivity index (χ2v) is 8.77. The Morgan fingerprint density at radius 3 is 2.11 bits per heavy atom. The van der Waals surface area contributed by atoms with Crippen LogP contribution in [0.15, 0.2) is 72.8 Å². The maximum Gasteiger partial charge on any atom is 0.407 e. The summed E-state index contributed by atoms with van der Waals surface area (Å²) in [5.41, 5.74) is 5.17. The van der Waals surface area contributed by atoms with Gasteiger partial charge in [-0.1, -0.05) is 67.6 Å². The number of hydrogen-bond donors (Lipinski definition) is 2. The molecule has 1 amide bonds. The highest BCUT2D eigenvalue weighted by Gasteiger charge is 2.29. The predicted octanol–water partition coefficient (Wildman–Crippen LogP) is 5.16. The van der Waals surface area contributed by atoms with Gasteiger partial charge in [0, 0.05) is 24.1 Å². The molecule has 0 heterocycles. The van der Waals surface area contributed by atoms with Gasteiger partial charge < -0.3 is 15.2 Å². The number of carboxylic acids is 1. The van der Waals surface area contributed by atoms with E-state index in [0.717, 1.165) is 27.8 Å². The molecule has 1 aliphatic rings. The minimum atomic E-state index is -0.965. The Labute approximate surface area is 202 Å².